The summed E-state index contributed by atoms with van der Waals surface area (Å²) >= 11 is 0. The minimum absolute atomic E-state index is 0.0407. The fourth-order valence-electron chi connectivity index (χ4n) is 7.39. The summed E-state index contributed by atoms with van der Waals surface area (Å²) in [4.78, 5) is 51.2. The Morgan fingerprint density at radius 3 is 2.46 bits per heavy atom. The van der Waals surface area contributed by atoms with E-state index >= 15 is 0 Å². The number of amides is 3. The normalized spacial score (nSPS) is 15.4. The molecule has 1 saturated heterocycles. The Balaban J connectivity index is 1.01. The zero-order valence-electron chi connectivity index (χ0n) is 33.6. The largest absolute Gasteiger partial charge is 0.444 e. The highest BCUT2D eigenvalue weighted by molar-refractivity contribution is 6.08. The molecule has 1 aliphatic rings. The molecule has 3 aromatic carbocycles. The van der Waals surface area contributed by atoms with Gasteiger partial charge in [-0.1, -0.05) is 65.9 Å². The summed E-state index contributed by atoms with van der Waals surface area (Å²) in [6.07, 6.45) is 8.52. The first-order valence-corrected chi connectivity index (χ1v) is 19.4. The van der Waals surface area contributed by atoms with Gasteiger partial charge in [-0.15, -0.1) is 5.10 Å². The lowest BCUT2D eigenvalue weighted by Gasteiger charge is -2.29. The Morgan fingerprint density at radius 1 is 0.949 bits per heavy atom. The molecule has 15 heteroatoms. The molecule has 2 N–H and O–H groups in total. The highest BCUT2D eigenvalue weighted by Gasteiger charge is 2.49. The van der Waals surface area contributed by atoms with E-state index in [1.807, 2.05) is 87.8 Å². The van der Waals surface area contributed by atoms with E-state index in [9.17, 15) is 14.4 Å². The molecule has 0 saturated carbocycles. The third-order valence-electron chi connectivity index (χ3n) is 10.4. The standard InChI is InChI=1S/C44H45N11O4/c1-29-22-30(2)55-39(48-29)37(24-47-55)40(56)49-35-16-14-33(15-17-35)38-26-54(51-50-38)44(18-20-53(27-44)42(58)59-43(3,4)5)41(57)46-23-34-8-6-7-9-36(34)32-12-10-31(11-13-32)25-52-21-19-45-28-52/h6-17,19,21-22,24,26,28H,18,20,23,25,27H2,1-5H3,(H,46,57)(H,49,56). The van der Waals surface area contributed by atoms with Crippen LogP contribution in [0.5, 0.6) is 0 Å². The molecule has 5 heterocycles. The first kappa shape index (κ1) is 38.7. The number of hydrogen-bond donors (Lipinski definition) is 2. The molecule has 1 atom stereocenters. The van der Waals surface area contributed by atoms with Gasteiger partial charge in [0.15, 0.2) is 11.2 Å². The Bertz CT molecular complexity index is 2640. The maximum atomic E-state index is 14.5. The van der Waals surface area contributed by atoms with E-state index in [2.05, 4.69) is 60.3 Å². The highest BCUT2D eigenvalue weighted by atomic mass is 16.6. The number of nitrogens with zero attached hydrogens (tertiary/aromatic N) is 9. The van der Waals surface area contributed by atoms with E-state index in [1.165, 1.54) is 6.20 Å². The van der Waals surface area contributed by atoms with Crippen molar-refractivity contribution < 1.29 is 19.1 Å². The lowest BCUT2D eigenvalue weighted by molar-refractivity contribution is -0.130. The van der Waals surface area contributed by atoms with Crippen LogP contribution in [0.4, 0.5) is 10.5 Å². The summed E-state index contributed by atoms with van der Waals surface area (Å²) in [7, 11) is 0. The van der Waals surface area contributed by atoms with Gasteiger partial charge in [-0.25, -0.2) is 24.0 Å². The number of anilines is 1. The summed E-state index contributed by atoms with van der Waals surface area (Å²) in [6.45, 7) is 10.5. The van der Waals surface area contributed by atoms with Gasteiger partial charge in [-0.3, -0.25) is 9.59 Å². The van der Waals surface area contributed by atoms with Crippen molar-refractivity contribution in [2.24, 2.45) is 0 Å². The van der Waals surface area contributed by atoms with Crippen molar-refractivity contribution in [2.45, 2.75) is 65.3 Å². The van der Waals surface area contributed by atoms with Gasteiger partial charge in [0, 0.05) is 61.1 Å². The number of imidazole rings is 1. The number of carbonyl (C=O) groups excluding carboxylic acids is 3. The zero-order valence-corrected chi connectivity index (χ0v) is 33.6. The molecule has 0 bridgehead atoms. The van der Waals surface area contributed by atoms with E-state index in [1.54, 1.807) is 45.0 Å². The number of aromatic nitrogens is 8. The van der Waals surface area contributed by atoms with E-state index in [0.29, 0.717) is 29.0 Å². The number of hydrogen-bond acceptors (Lipinski definition) is 9. The van der Waals surface area contributed by atoms with Crippen molar-refractivity contribution in [2.75, 3.05) is 18.4 Å². The fourth-order valence-corrected chi connectivity index (χ4v) is 7.39. The number of fused-ring (bicyclic) bond motifs is 1. The van der Waals surface area contributed by atoms with Gasteiger partial charge < -0.3 is 24.8 Å². The van der Waals surface area contributed by atoms with E-state index < -0.39 is 17.2 Å². The summed E-state index contributed by atoms with van der Waals surface area (Å²) in [6, 6.07) is 25.4. The van der Waals surface area contributed by atoms with Crippen LogP contribution in [-0.4, -0.2) is 80.6 Å². The molecule has 8 rings (SSSR count). The molecular weight excluding hydrogens is 747 g/mol. The number of rotatable bonds is 10. The van der Waals surface area contributed by atoms with Crippen molar-refractivity contribution in [3.63, 3.8) is 0 Å². The molecule has 4 aromatic heterocycles. The Kier molecular flexibility index (Phi) is 10.3. The number of ether oxygens (including phenoxy) is 1. The molecule has 59 heavy (non-hydrogen) atoms. The van der Waals surface area contributed by atoms with Crippen LogP contribution in [-0.2, 0) is 28.2 Å². The maximum Gasteiger partial charge on any atom is 0.410 e. The average Bonchev–Trinajstić information content (AvgIpc) is 4.05. The molecular formula is C44H45N11O4. The summed E-state index contributed by atoms with van der Waals surface area (Å²) in [5, 5.41) is 19.4. The summed E-state index contributed by atoms with van der Waals surface area (Å²) in [5.74, 6) is -0.627. The molecule has 0 aliphatic carbocycles. The third-order valence-corrected chi connectivity index (χ3v) is 10.4. The molecule has 3 amide bonds. The van der Waals surface area contributed by atoms with Crippen LogP contribution >= 0.6 is 0 Å². The summed E-state index contributed by atoms with van der Waals surface area (Å²) in [5.41, 5.74) is 6.48. The molecule has 15 nitrogen and oxygen atoms in total. The number of carbonyl (C=O) groups is 3. The lowest BCUT2D eigenvalue weighted by atomic mass is 9.96. The SMILES string of the molecule is Cc1cc(C)n2ncc(C(=O)Nc3ccc(-c4cn(C5(C(=O)NCc6ccccc6-c6ccc(Cn7ccnc7)cc6)CCN(C(=O)OC(C)(C)C)C5)nn4)cc3)c2n1. The second-order valence-corrected chi connectivity index (χ2v) is 15.9. The second-order valence-electron chi connectivity index (χ2n) is 15.9. The van der Waals surface area contributed by atoms with Gasteiger partial charge in [-0.2, -0.15) is 5.10 Å². The van der Waals surface area contributed by atoms with Gasteiger partial charge in [0.1, 0.15) is 16.9 Å². The van der Waals surface area contributed by atoms with Gasteiger partial charge in [-0.05, 0) is 75.1 Å². The predicted molar refractivity (Wildman–Crippen MR) is 221 cm³/mol. The second kappa shape index (κ2) is 15.6. The van der Waals surface area contributed by atoms with Crippen LogP contribution in [0.3, 0.4) is 0 Å². The lowest BCUT2D eigenvalue weighted by Crippen LogP contribution is -2.51. The third kappa shape index (κ3) is 8.17. The number of likely N-dealkylation sites (tertiary alicyclic amines) is 1. The Hall–Kier alpha value is -7.16. The van der Waals surface area contributed by atoms with Crippen molar-refractivity contribution >= 4 is 29.2 Å². The van der Waals surface area contributed by atoms with Gasteiger partial charge in [0.2, 0.25) is 5.91 Å². The van der Waals surface area contributed by atoms with Crippen molar-refractivity contribution in [3.8, 4) is 22.4 Å². The molecule has 1 aliphatic heterocycles. The first-order valence-electron chi connectivity index (χ1n) is 19.4. The topological polar surface area (TPSA) is 166 Å². The highest BCUT2D eigenvalue weighted by Crippen LogP contribution is 2.33. The van der Waals surface area contributed by atoms with Crippen LogP contribution in [0, 0.1) is 13.8 Å². The monoisotopic (exact) mass is 791 g/mol. The fraction of sp³-hybridized carbons (Fsp3) is 0.273. The molecule has 300 valence electrons. The van der Waals surface area contributed by atoms with Crippen LogP contribution in [0.2, 0.25) is 0 Å². The Labute approximate surface area is 341 Å². The van der Waals surface area contributed by atoms with Crippen LogP contribution in [0.25, 0.3) is 28.0 Å². The molecule has 0 radical (unpaired) electrons. The van der Waals surface area contributed by atoms with E-state index in [4.69, 9.17) is 4.74 Å². The quantitative estimate of drug-likeness (QED) is 0.159. The van der Waals surface area contributed by atoms with Crippen molar-refractivity contribution in [3.05, 3.63) is 138 Å². The first-order chi connectivity index (χ1) is 28.3. The zero-order chi connectivity index (χ0) is 41.3. The number of benzene rings is 3. The van der Waals surface area contributed by atoms with Crippen LogP contribution < -0.4 is 10.6 Å². The number of aryl methyl sites for hydroxylation is 2. The van der Waals surface area contributed by atoms with Crippen molar-refractivity contribution in [1.29, 1.82) is 0 Å². The van der Waals surface area contributed by atoms with E-state index in [0.717, 1.165) is 45.7 Å². The van der Waals surface area contributed by atoms with Gasteiger partial charge in [0.25, 0.3) is 5.91 Å². The maximum absolute atomic E-state index is 14.5. The Morgan fingerprint density at radius 2 is 1.71 bits per heavy atom. The predicted octanol–water partition coefficient (Wildman–Crippen LogP) is 6.42. The number of nitrogens with one attached hydrogen (secondary N) is 2. The molecule has 7 aromatic rings. The minimum Gasteiger partial charge on any atom is -0.444 e. The smallest absolute Gasteiger partial charge is 0.410 e. The van der Waals surface area contributed by atoms with E-state index in [-0.39, 0.29) is 31.4 Å². The molecule has 0 spiro atoms. The molecule has 1 fully saturated rings. The minimum atomic E-state index is -1.26. The average molecular weight is 792 g/mol. The van der Waals surface area contributed by atoms with Gasteiger partial charge in [0.05, 0.1) is 25.3 Å². The molecule has 1 unspecified atom stereocenters. The van der Waals surface area contributed by atoms with Crippen LogP contribution in [0.15, 0.2) is 110 Å². The van der Waals surface area contributed by atoms with Crippen LogP contribution in [0.1, 0.15) is 60.1 Å². The summed E-state index contributed by atoms with van der Waals surface area (Å²) < 4.78 is 10.9. The van der Waals surface area contributed by atoms with Crippen molar-refractivity contribution in [1.82, 2.24) is 49.4 Å². The van der Waals surface area contributed by atoms with Gasteiger partial charge >= 0.3 is 6.09 Å².